The van der Waals surface area contributed by atoms with Crippen molar-refractivity contribution in [2.75, 3.05) is 32.7 Å². The Bertz CT molecular complexity index is 286. The average molecular weight is 249 g/mol. The van der Waals surface area contributed by atoms with Crippen LogP contribution in [0, 0.1) is 0 Å². The number of sulfonamides is 1. The topological polar surface area (TPSA) is 75.4 Å². The standard InChI is InChI=1S/C10H23N3O2S/c1-10(9-11)16(14,15)12-5-4-8-13-6-2-3-7-13/h10,12H,2-9,11H2,1H3. The van der Waals surface area contributed by atoms with Crippen molar-refractivity contribution in [1.82, 2.24) is 9.62 Å². The molecule has 0 aromatic heterocycles. The van der Waals surface area contributed by atoms with Gasteiger partial charge in [0, 0.05) is 13.1 Å². The van der Waals surface area contributed by atoms with Crippen molar-refractivity contribution >= 4 is 10.0 Å². The predicted octanol–water partition coefficient (Wildman–Crippen LogP) is -0.261. The van der Waals surface area contributed by atoms with Crippen LogP contribution in [0.4, 0.5) is 0 Å². The third-order valence-corrected chi connectivity index (χ3v) is 4.87. The maximum atomic E-state index is 11.6. The van der Waals surface area contributed by atoms with E-state index in [1.54, 1.807) is 6.92 Å². The molecule has 1 aliphatic heterocycles. The van der Waals surface area contributed by atoms with Gasteiger partial charge in [-0.1, -0.05) is 0 Å². The SMILES string of the molecule is CC(CN)S(=O)(=O)NCCCN1CCCC1. The summed E-state index contributed by atoms with van der Waals surface area (Å²) in [6.45, 7) is 5.62. The zero-order chi connectivity index (χ0) is 12.0. The lowest BCUT2D eigenvalue weighted by Gasteiger charge is -2.15. The maximum absolute atomic E-state index is 11.6. The van der Waals surface area contributed by atoms with E-state index in [4.69, 9.17) is 5.73 Å². The molecule has 16 heavy (non-hydrogen) atoms. The molecule has 0 aliphatic carbocycles. The summed E-state index contributed by atoms with van der Waals surface area (Å²) in [6.07, 6.45) is 3.42. The summed E-state index contributed by atoms with van der Waals surface area (Å²) in [7, 11) is -3.20. The Morgan fingerprint density at radius 2 is 2.00 bits per heavy atom. The second-order valence-corrected chi connectivity index (χ2v) is 6.57. The Hall–Kier alpha value is -0.170. The molecule has 1 heterocycles. The third-order valence-electron chi connectivity index (χ3n) is 3.01. The van der Waals surface area contributed by atoms with Gasteiger partial charge in [0.2, 0.25) is 10.0 Å². The Kier molecular flexibility index (Phi) is 5.68. The van der Waals surface area contributed by atoms with Crippen LogP contribution in [-0.2, 0) is 10.0 Å². The van der Waals surface area contributed by atoms with Crippen molar-refractivity contribution in [2.24, 2.45) is 5.73 Å². The summed E-state index contributed by atoms with van der Waals surface area (Å²) in [6, 6.07) is 0. The normalized spacial score (nSPS) is 20.1. The van der Waals surface area contributed by atoms with Crippen LogP contribution in [0.5, 0.6) is 0 Å². The van der Waals surface area contributed by atoms with Crippen LogP contribution in [-0.4, -0.2) is 51.3 Å². The molecule has 0 aromatic rings. The highest BCUT2D eigenvalue weighted by molar-refractivity contribution is 7.90. The van der Waals surface area contributed by atoms with E-state index in [0.29, 0.717) is 6.54 Å². The van der Waals surface area contributed by atoms with Gasteiger partial charge in [-0.3, -0.25) is 0 Å². The molecule has 0 aromatic carbocycles. The molecule has 1 aliphatic rings. The van der Waals surface area contributed by atoms with E-state index in [9.17, 15) is 8.42 Å². The van der Waals surface area contributed by atoms with Crippen molar-refractivity contribution in [2.45, 2.75) is 31.4 Å². The number of likely N-dealkylation sites (tertiary alicyclic amines) is 1. The first-order valence-electron chi connectivity index (χ1n) is 5.97. The molecule has 0 radical (unpaired) electrons. The first kappa shape index (κ1) is 13.9. The lowest BCUT2D eigenvalue weighted by atomic mass is 10.4. The van der Waals surface area contributed by atoms with Gasteiger partial charge in [0.1, 0.15) is 0 Å². The maximum Gasteiger partial charge on any atom is 0.215 e. The summed E-state index contributed by atoms with van der Waals surface area (Å²) in [5.74, 6) is 0. The molecule has 0 bridgehead atoms. The van der Waals surface area contributed by atoms with Crippen molar-refractivity contribution in [1.29, 1.82) is 0 Å². The van der Waals surface area contributed by atoms with E-state index >= 15 is 0 Å². The fourth-order valence-corrected chi connectivity index (χ4v) is 2.76. The van der Waals surface area contributed by atoms with E-state index in [1.807, 2.05) is 0 Å². The fourth-order valence-electron chi connectivity index (χ4n) is 1.79. The smallest absolute Gasteiger partial charge is 0.215 e. The molecule has 0 spiro atoms. The van der Waals surface area contributed by atoms with Crippen LogP contribution in [0.25, 0.3) is 0 Å². The van der Waals surface area contributed by atoms with Gasteiger partial charge in [0.25, 0.3) is 0 Å². The molecular weight excluding hydrogens is 226 g/mol. The van der Waals surface area contributed by atoms with Gasteiger partial charge in [0.05, 0.1) is 5.25 Å². The average Bonchev–Trinajstić information content (AvgIpc) is 2.76. The molecule has 96 valence electrons. The summed E-state index contributed by atoms with van der Waals surface area (Å²) in [5, 5.41) is -0.501. The minimum Gasteiger partial charge on any atom is -0.329 e. The highest BCUT2D eigenvalue weighted by atomic mass is 32.2. The van der Waals surface area contributed by atoms with E-state index < -0.39 is 15.3 Å². The Morgan fingerprint density at radius 3 is 2.56 bits per heavy atom. The quantitative estimate of drug-likeness (QED) is 0.610. The van der Waals surface area contributed by atoms with Crippen LogP contribution in [0.2, 0.25) is 0 Å². The number of nitrogens with one attached hydrogen (secondary N) is 1. The highest BCUT2D eigenvalue weighted by Crippen LogP contribution is 2.07. The first-order valence-corrected chi connectivity index (χ1v) is 7.52. The highest BCUT2D eigenvalue weighted by Gasteiger charge is 2.18. The van der Waals surface area contributed by atoms with Crippen LogP contribution in [0.3, 0.4) is 0 Å². The lowest BCUT2D eigenvalue weighted by Crippen LogP contribution is -2.38. The number of hydrogen-bond donors (Lipinski definition) is 2. The van der Waals surface area contributed by atoms with Crippen LogP contribution in [0.15, 0.2) is 0 Å². The number of nitrogens with zero attached hydrogens (tertiary/aromatic N) is 1. The van der Waals surface area contributed by atoms with Crippen molar-refractivity contribution in [3.05, 3.63) is 0 Å². The Labute approximate surface area is 98.4 Å². The van der Waals surface area contributed by atoms with Crippen molar-refractivity contribution in [3.8, 4) is 0 Å². The Balaban J connectivity index is 2.14. The fraction of sp³-hybridized carbons (Fsp3) is 1.00. The molecule has 1 saturated heterocycles. The lowest BCUT2D eigenvalue weighted by molar-refractivity contribution is 0.334. The van der Waals surface area contributed by atoms with Gasteiger partial charge in [-0.05, 0) is 45.8 Å². The summed E-state index contributed by atoms with van der Waals surface area (Å²) < 4.78 is 25.7. The van der Waals surface area contributed by atoms with Crippen LogP contribution in [0.1, 0.15) is 26.2 Å². The van der Waals surface area contributed by atoms with Gasteiger partial charge in [-0.25, -0.2) is 13.1 Å². The minimum atomic E-state index is -3.20. The van der Waals surface area contributed by atoms with E-state index in [0.717, 1.165) is 26.1 Å². The molecule has 0 amide bonds. The molecule has 6 heteroatoms. The number of nitrogens with two attached hydrogens (primary N) is 1. The molecule has 1 unspecified atom stereocenters. The molecule has 1 rings (SSSR count). The second kappa shape index (κ2) is 6.54. The summed E-state index contributed by atoms with van der Waals surface area (Å²) in [4.78, 5) is 2.38. The molecule has 0 saturated carbocycles. The summed E-state index contributed by atoms with van der Waals surface area (Å²) in [5.41, 5.74) is 5.33. The number of rotatable bonds is 7. The van der Waals surface area contributed by atoms with Gasteiger partial charge in [-0.15, -0.1) is 0 Å². The zero-order valence-electron chi connectivity index (χ0n) is 9.98. The number of hydrogen-bond acceptors (Lipinski definition) is 4. The Morgan fingerprint density at radius 1 is 1.38 bits per heavy atom. The molecule has 1 fully saturated rings. The third kappa shape index (κ3) is 4.37. The molecular formula is C10H23N3O2S. The van der Waals surface area contributed by atoms with E-state index in [-0.39, 0.29) is 6.54 Å². The van der Waals surface area contributed by atoms with Crippen molar-refractivity contribution < 1.29 is 8.42 Å². The zero-order valence-corrected chi connectivity index (χ0v) is 10.8. The molecule has 3 N–H and O–H groups in total. The largest absolute Gasteiger partial charge is 0.329 e. The first-order chi connectivity index (χ1) is 7.56. The summed E-state index contributed by atoms with van der Waals surface area (Å²) >= 11 is 0. The second-order valence-electron chi connectivity index (χ2n) is 4.39. The van der Waals surface area contributed by atoms with Gasteiger partial charge in [0.15, 0.2) is 0 Å². The minimum absolute atomic E-state index is 0.168. The predicted molar refractivity (Wildman–Crippen MR) is 65.7 cm³/mol. The molecule has 1 atom stereocenters. The van der Waals surface area contributed by atoms with E-state index in [1.165, 1.54) is 12.8 Å². The van der Waals surface area contributed by atoms with Gasteiger partial charge >= 0.3 is 0 Å². The van der Waals surface area contributed by atoms with Crippen LogP contribution < -0.4 is 10.5 Å². The monoisotopic (exact) mass is 249 g/mol. The van der Waals surface area contributed by atoms with Gasteiger partial charge in [-0.2, -0.15) is 0 Å². The van der Waals surface area contributed by atoms with Crippen molar-refractivity contribution in [3.63, 3.8) is 0 Å². The van der Waals surface area contributed by atoms with Gasteiger partial charge < -0.3 is 10.6 Å². The van der Waals surface area contributed by atoms with Crippen LogP contribution >= 0.6 is 0 Å². The molecule has 5 nitrogen and oxygen atoms in total. The van der Waals surface area contributed by atoms with E-state index in [2.05, 4.69) is 9.62 Å².